The SMILES string of the molecule is Cc1cc(C(N)c2ccc(C3CCCCC3)cc2)co1. The van der Waals surface area contributed by atoms with Gasteiger partial charge in [-0.05, 0) is 42.9 Å². The van der Waals surface area contributed by atoms with Gasteiger partial charge >= 0.3 is 0 Å². The van der Waals surface area contributed by atoms with Gasteiger partial charge in [-0.2, -0.15) is 0 Å². The molecule has 1 aromatic heterocycles. The van der Waals surface area contributed by atoms with E-state index in [1.807, 2.05) is 13.0 Å². The van der Waals surface area contributed by atoms with Crippen LogP contribution in [-0.4, -0.2) is 0 Å². The number of nitrogens with two attached hydrogens (primary N) is 1. The molecule has 0 spiro atoms. The van der Waals surface area contributed by atoms with E-state index >= 15 is 0 Å². The topological polar surface area (TPSA) is 39.2 Å². The maximum atomic E-state index is 6.30. The van der Waals surface area contributed by atoms with E-state index in [-0.39, 0.29) is 6.04 Å². The summed E-state index contributed by atoms with van der Waals surface area (Å²) in [4.78, 5) is 0. The van der Waals surface area contributed by atoms with E-state index in [0.29, 0.717) is 0 Å². The molecule has 2 aromatic rings. The summed E-state index contributed by atoms with van der Waals surface area (Å²) in [5, 5.41) is 0. The smallest absolute Gasteiger partial charge is 0.101 e. The lowest BCUT2D eigenvalue weighted by Gasteiger charge is -2.22. The molecule has 1 fully saturated rings. The lowest BCUT2D eigenvalue weighted by molar-refractivity contribution is 0.443. The lowest BCUT2D eigenvalue weighted by Crippen LogP contribution is -2.11. The van der Waals surface area contributed by atoms with E-state index in [0.717, 1.165) is 22.8 Å². The Bertz CT molecular complexity index is 549. The standard InChI is InChI=1S/C18H23NO/c1-13-11-17(12-20-13)18(19)16-9-7-15(8-10-16)14-5-3-2-4-6-14/h7-12,14,18H,2-6,19H2,1H3. The minimum absolute atomic E-state index is 0.0899. The molecule has 1 heterocycles. The van der Waals surface area contributed by atoms with Crippen molar-refractivity contribution < 1.29 is 4.42 Å². The van der Waals surface area contributed by atoms with Crippen molar-refractivity contribution in [2.75, 3.05) is 0 Å². The number of benzene rings is 1. The Hall–Kier alpha value is -1.54. The highest BCUT2D eigenvalue weighted by molar-refractivity contribution is 5.33. The zero-order valence-corrected chi connectivity index (χ0v) is 12.1. The van der Waals surface area contributed by atoms with Crippen molar-refractivity contribution in [2.24, 2.45) is 5.73 Å². The van der Waals surface area contributed by atoms with Gasteiger partial charge in [0.15, 0.2) is 0 Å². The summed E-state index contributed by atoms with van der Waals surface area (Å²) in [5.74, 6) is 1.67. The summed E-state index contributed by atoms with van der Waals surface area (Å²) in [6, 6.07) is 10.8. The molecule has 106 valence electrons. The van der Waals surface area contributed by atoms with Gasteiger partial charge < -0.3 is 10.2 Å². The number of rotatable bonds is 3. The highest BCUT2D eigenvalue weighted by Crippen LogP contribution is 2.33. The highest BCUT2D eigenvalue weighted by Gasteiger charge is 2.16. The van der Waals surface area contributed by atoms with Gasteiger partial charge in [0.25, 0.3) is 0 Å². The van der Waals surface area contributed by atoms with E-state index in [4.69, 9.17) is 10.2 Å². The molecule has 1 saturated carbocycles. The number of hydrogen-bond acceptors (Lipinski definition) is 2. The molecule has 0 aliphatic heterocycles. The maximum absolute atomic E-state index is 6.30. The van der Waals surface area contributed by atoms with Crippen LogP contribution in [0, 0.1) is 6.92 Å². The average molecular weight is 269 g/mol. The quantitative estimate of drug-likeness (QED) is 0.878. The molecule has 1 unspecified atom stereocenters. The first-order valence-corrected chi connectivity index (χ1v) is 7.64. The molecule has 1 aliphatic carbocycles. The van der Waals surface area contributed by atoms with Crippen molar-refractivity contribution in [2.45, 2.75) is 51.0 Å². The van der Waals surface area contributed by atoms with E-state index < -0.39 is 0 Å². The lowest BCUT2D eigenvalue weighted by atomic mass is 9.83. The van der Waals surface area contributed by atoms with Crippen molar-refractivity contribution in [3.63, 3.8) is 0 Å². The highest BCUT2D eigenvalue weighted by atomic mass is 16.3. The van der Waals surface area contributed by atoms with Crippen LogP contribution in [0.4, 0.5) is 0 Å². The maximum Gasteiger partial charge on any atom is 0.101 e. The van der Waals surface area contributed by atoms with Crippen molar-refractivity contribution >= 4 is 0 Å². The van der Waals surface area contributed by atoms with Crippen LogP contribution >= 0.6 is 0 Å². The van der Waals surface area contributed by atoms with Crippen LogP contribution in [0.1, 0.15) is 66.5 Å². The molecule has 0 amide bonds. The molecule has 1 atom stereocenters. The summed E-state index contributed by atoms with van der Waals surface area (Å²) in [5.41, 5.74) is 9.98. The van der Waals surface area contributed by atoms with Gasteiger partial charge in [-0.3, -0.25) is 0 Å². The molecule has 1 aromatic carbocycles. The second kappa shape index (κ2) is 5.84. The normalized spacial score (nSPS) is 18.1. The second-order valence-corrected chi connectivity index (χ2v) is 5.97. The Morgan fingerprint density at radius 1 is 1.05 bits per heavy atom. The minimum Gasteiger partial charge on any atom is -0.469 e. The summed E-state index contributed by atoms with van der Waals surface area (Å²) in [7, 11) is 0. The van der Waals surface area contributed by atoms with Gasteiger partial charge in [-0.25, -0.2) is 0 Å². The van der Waals surface area contributed by atoms with Crippen molar-refractivity contribution in [1.82, 2.24) is 0 Å². The molecule has 0 saturated heterocycles. The van der Waals surface area contributed by atoms with Crippen molar-refractivity contribution in [3.8, 4) is 0 Å². The van der Waals surface area contributed by atoms with Gasteiger partial charge in [0.2, 0.25) is 0 Å². The van der Waals surface area contributed by atoms with Gasteiger partial charge in [-0.15, -0.1) is 0 Å². The predicted octanol–water partition coefficient (Wildman–Crippen LogP) is 4.68. The summed E-state index contributed by atoms with van der Waals surface area (Å²) in [6.07, 6.45) is 8.59. The van der Waals surface area contributed by atoms with Crippen molar-refractivity contribution in [1.29, 1.82) is 0 Å². The van der Waals surface area contributed by atoms with Gasteiger partial charge in [-0.1, -0.05) is 43.5 Å². The fraction of sp³-hybridized carbons (Fsp3) is 0.444. The first-order valence-electron chi connectivity index (χ1n) is 7.64. The average Bonchev–Trinajstić information content (AvgIpc) is 2.94. The largest absolute Gasteiger partial charge is 0.469 e. The van der Waals surface area contributed by atoms with Crippen LogP contribution in [0.5, 0.6) is 0 Å². The third-order valence-corrected chi connectivity index (χ3v) is 4.48. The molecule has 2 nitrogen and oxygen atoms in total. The van der Waals surface area contributed by atoms with Gasteiger partial charge in [0.05, 0.1) is 12.3 Å². The zero-order valence-electron chi connectivity index (χ0n) is 12.1. The third-order valence-electron chi connectivity index (χ3n) is 4.48. The molecule has 0 radical (unpaired) electrons. The van der Waals surface area contributed by atoms with Crippen LogP contribution in [0.2, 0.25) is 0 Å². The number of furan rings is 1. The molecule has 3 rings (SSSR count). The van der Waals surface area contributed by atoms with Gasteiger partial charge in [0, 0.05) is 5.56 Å². The molecular weight excluding hydrogens is 246 g/mol. The first kappa shape index (κ1) is 13.4. The fourth-order valence-corrected chi connectivity index (χ4v) is 3.23. The Morgan fingerprint density at radius 2 is 1.75 bits per heavy atom. The Kier molecular flexibility index (Phi) is 3.93. The van der Waals surface area contributed by atoms with E-state index in [1.165, 1.54) is 37.7 Å². The van der Waals surface area contributed by atoms with Crippen LogP contribution in [-0.2, 0) is 0 Å². The van der Waals surface area contributed by atoms with E-state index in [2.05, 4.69) is 24.3 Å². The summed E-state index contributed by atoms with van der Waals surface area (Å²) < 4.78 is 5.35. The molecular formula is C18H23NO. The number of aryl methyl sites for hydroxylation is 1. The predicted molar refractivity (Wildman–Crippen MR) is 81.7 cm³/mol. The van der Waals surface area contributed by atoms with Crippen molar-refractivity contribution in [3.05, 3.63) is 59.0 Å². The molecule has 2 heteroatoms. The minimum atomic E-state index is -0.0899. The Morgan fingerprint density at radius 3 is 2.35 bits per heavy atom. The molecule has 2 N–H and O–H groups in total. The molecule has 20 heavy (non-hydrogen) atoms. The van der Waals surface area contributed by atoms with Crippen LogP contribution in [0.3, 0.4) is 0 Å². The summed E-state index contributed by atoms with van der Waals surface area (Å²) in [6.45, 7) is 1.95. The zero-order chi connectivity index (χ0) is 13.9. The van der Waals surface area contributed by atoms with Crippen LogP contribution < -0.4 is 5.73 Å². The molecule has 1 aliphatic rings. The molecule has 0 bridgehead atoms. The Balaban J connectivity index is 1.75. The Labute approximate surface area is 121 Å². The van der Waals surface area contributed by atoms with E-state index in [1.54, 1.807) is 6.26 Å². The van der Waals surface area contributed by atoms with Gasteiger partial charge in [0.1, 0.15) is 5.76 Å². The van der Waals surface area contributed by atoms with E-state index in [9.17, 15) is 0 Å². The third kappa shape index (κ3) is 2.80. The second-order valence-electron chi connectivity index (χ2n) is 5.97. The fourth-order valence-electron chi connectivity index (χ4n) is 3.23. The monoisotopic (exact) mass is 269 g/mol. The number of hydrogen-bond donors (Lipinski definition) is 1. The van der Waals surface area contributed by atoms with Crippen LogP contribution in [0.15, 0.2) is 41.0 Å². The summed E-state index contributed by atoms with van der Waals surface area (Å²) >= 11 is 0. The first-order chi connectivity index (χ1) is 9.74. The van der Waals surface area contributed by atoms with Crippen LogP contribution in [0.25, 0.3) is 0 Å².